The second-order valence-corrected chi connectivity index (χ2v) is 9.70. The maximum absolute atomic E-state index is 13.3. The lowest BCUT2D eigenvalue weighted by Gasteiger charge is -2.44. The molecule has 0 saturated carbocycles. The van der Waals surface area contributed by atoms with E-state index in [1.54, 1.807) is 6.20 Å². The summed E-state index contributed by atoms with van der Waals surface area (Å²) >= 11 is 0. The van der Waals surface area contributed by atoms with Crippen molar-refractivity contribution in [2.24, 2.45) is 5.92 Å². The summed E-state index contributed by atoms with van der Waals surface area (Å²) in [7, 11) is 0. The Kier molecular flexibility index (Phi) is 4.48. The molecule has 1 amide bonds. The minimum atomic E-state index is -0.625. The molecule has 4 aliphatic heterocycles. The zero-order chi connectivity index (χ0) is 22.7. The van der Waals surface area contributed by atoms with Crippen LogP contribution in [0, 0.1) is 5.92 Å². The number of aromatic nitrogens is 3. The second kappa shape index (κ2) is 7.59. The monoisotopic (exact) mass is 460 g/mol. The summed E-state index contributed by atoms with van der Waals surface area (Å²) in [6.07, 6.45) is 5.02. The van der Waals surface area contributed by atoms with Gasteiger partial charge in [0.15, 0.2) is 17.1 Å². The van der Waals surface area contributed by atoms with E-state index in [9.17, 15) is 4.79 Å². The van der Waals surface area contributed by atoms with E-state index in [1.165, 1.54) is 5.56 Å². The van der Waals surface area contributed by atoms with Crippen LogP contribution in [0.15, 0.2) is 36.5 Å². The van der Waals surface area contributed by atoms with Gasteiger partial charge in [-0.05, 0) is 25.1 Å². The summed E-state index contributed by atoms with van der Waals surface area (Å²) in [6.45, 7) is 4.63. The molecule has 6 heterocycles. The number of benzene rings is 1. The van der Waals surface area contributed by atoms with Gasteiger partial charge < -0.3 is 24.6 Å². The third-order valence-corrected chi connectivity index (χ3v) is 7.59. The number of para-hydroxylation sites is 2. The Morgan fingerprint density at radius 2 is 1.76 bits per heavy atom. The van der Waals surface area contributed by atoms with Crippen molar-refractivity contribution < 1.29 is 14.3 Å². The van der Waals surface area contributed by atoms with E-state index in [0.29, 0.717) is 25.9 Å². The van der Waals surface area contributed by atoms with Crippen molar-refractivity contribution in [2.45, 2.75) is 31.5 Å². The van der Waals surface area contributed by atoms with Crippen LogP contribution in [0.2, 0.25) is 0 Å². The third kappa shape index (κ3) is 3.14. The van der Waals surface area contributed by atoms with Crippen molar-refractivity contribution in [1.82, 2.24) is 24.8 Å². The molecule has 2 aromatic heterocycles. The molecule has 4 aliphatic rings. The van der Waals surface area contributed by atoms with E-state index in [1.807, 2.05) is 39.7 Å². The predicted molar refractivity (Wildman–Crippen MR) is 125 cm³/mol. The highest BCUT2D eigenvalue weighted by atomic mass is 16.7. The number of likely N-dealkylation sites (tertiary alicyclic amines) is 1. The molecule has 1 aromatic carbocycles. The van der Waals surface area contributed by atoms with Crippen molar-refractivity contribution >= 4 is 17.4 Å². The van der Waals surface area contributed by atoms with Gasteiger partial charge in [0, 0.05) is 63.6 Å². The lowest BCUT2D eigenvalue weighted by molar-refractivity contribution is -0.150. The van der Waals surface area contributed by atoms with Crippen molar-refractivity contribution in [3.05, 3.63) is 47.8 Å². The van der Waals surface area contributed by atoms with Gasteiger partial charge in [0.1, 0.15) is 5.82 Å². The SMILES string of the molecule is O=C(C1CN(c2c3c(nc4ccnn24)CCNCC3)C1)N1CCC2(CC1)Oc1ccccc1O2. The first-order valence-electron chi connectivity index (χ1n) is 12.3. The molecule has 176 valence electrons. The van der Waals surface area contributed by atoms with Gasteiger partial charge in [-0.1, -0.05) is 12.1 Å². The van der Waals surface area contributed by atoms with Crippen LogP contribution < -0.4 is 19.7 Å². The van der Waals surface area contributed by atoms with Crippen LogP contribution in [0.25, 0.3) is 5.65 Å². The molecule has 0 unspecified atom stereocenters. The maximum atomic E-state index is 13.3. The topological polar surface area (TPSA) is 84.2 Å². The molecule has 2 fully saturated rings. The van der Waals surface area contributed by atoms with Crippen LogP contribution in [-0.2, 0) is 17.6 Å². The molecule has 2 saturated heterocycles. The van der Waals surface area contributed by atoms with Gasteiger partial charge in [0.25, 0.3) is 5.79 Å². The fourth-order valence-corrected chi connectivity index (χ4v) is 5.72. The number of fused-ring (bicyclic) bond motifs is 3. The minimum absolute atomic E-state index is 0.00925. The molecular formula is C25H28N6O3. The van der Waals surface area contributed by atoms with Gasteiger partial charge in [-0.25, -0.2) is 4.98 Å². The Morgan fingerprint density at radius 3 is 2.53 bits per heavy atom. The predicted octanol–water partition coefficient (Wildman–Crippen LogP) is 1.64. The number of carbonyl (C=O) groups is 1. The Morgan fingerprint density at radius 1 is 1.03 bits per heavy atom. The summed E-state index contributed by atoms with van der Waals surface area (Å²) in [5.74, 6) is 2.33. The molecule has 1 spiro atoms. The summed E-state index contributed by atoms with van der Waals surface area (Å²) < 4.78 is 14.2. The van der Waals surface area contributed by atoms with Crippen molar-refractivity contribution in [3.8, 4) is 11.5 Å². The molecular weight excluding hydrogens is 432 g/mol. The largest absolute Gasteiger partial charge is 0.448 e. The van der Waals surface area contributed by atoms with Gasteiger partial charge >= 0.3 is 0 Å². The molecule has 9 heteroatoms. The average molecular weight is 461 g/mol. The molecule has 7 rings (SSSR count). The summed E-state index contributed by atoms with van der Waals surface area (Å²) in [5, 5.41) is 8.02. The van der Waals surface area contributed by atoms with E-state index in [2.05, 4.69) is 15.3 Å². The molecule has 3 aromatic rings. The normalized spacial score (nSPS) is 21.4. The number of carbonyl (C=O) groups excluding carboxylic acids is 1. The van der Waals surface area contributed by atoms with Crippen LogP contribution in [0.5, 0.6) is 11.5 Å². The lowest BCUT2D eigenvalue weighted by Crippen LogP contribution is -2.58. The molecule has 0 bridgehead atoms. The number of anilines is 1. The summed E-state index contributed by atoms with van der Waals surface area (Å²) in [5.41, 5.74) is 3.30. The van der Waals surface area contributed by atoms with Crippen LogP contribution in [-0.4, -0.2) is 70.5 Å². The van der Waals surface area contributed by atoms with Gasteiger partial charge in [-0.3, -0.25) is 4.79 Å². The van der Waals surface area contributed by atoms with E-state index < -0.39 is 5.79 Å². The second-order valence-electron chi connectivity index (χ2n) is 9.70. The standard InChI is InChI=1S/C25H28N6O3/c32-24(29-13-8-25(9-14-29)33-20-3-1-2-4-21(20)34-25)17-15-30(16-17)23-18-5-10-26-11-6-19(18)28-22-7-12-27-31(22)23/h1-4,7,12,17,26H,5-6,8-11,13-16H2. The van der Waals surface area contributed by atoms with Crippen LogP contribution in [0.3, 0.4) is 0 Å². The van der Waals surface area contributed by atoms with Gasteiger partial charge in [0.05, 0.1) is 17.8 Å². The number of nitrogens with zero attached hydrogens (tertiary/aromatic N) is 5. The number of hydrogen-bond acceptors (Lipinski definition) is 7. The third-order valence-electron chi connectivity index (χ3n) is 7.59. The van der Waals surface area contributed by atoms with Crippen molar-refractivity contribution in [2.75, 3.05) is 44.2 Å². The van der Waals surface area contributed by atoms with E-state index in [-0.39, 0.29) is 11.8 Å². The van der Waals surface area contributed by atoms with Crippen LogP contribution in [0.1, 0.15) is 24.1 Å². The minimum Gasteiger partial charge on any atom is -0.448 e. The van der Waals surface area contributed by atoms with Crippen LogP contribution in [0.4, 0.5) is 5.82 Å². The Hall–Kier alpha value is -3.33. The van der Waals surface area contributed by atoms with E-state index in [0.717, 1.165) is 67.7 Å². The van der Waals surface area contributed by atoms with Gasteiger partial charge in [-0.2, -0.15) is 9.61 Å². The Balaban J connectivity index is 1.04. The number of rotatable bonds is 2. The maximum Gasteiger partial charge on any atom is 0.255 e. The van der Waals surface area contributed by atoms with Gasteiger partial charge in [0.2, 0.25) is 5.91 Å². The Labute approximate surface area is 197 Å². The van der Waals surface area contributed by atoms with E-state index in [4.69, 9.17) is 14.5 Å². The first-order chi connectivity index (χ1) is 16.7. The number of ether oxygens (including phenoxy) is 2. The van der Waals surface area contributed by atoms with Crippen molar-refractivity contribution in [3.63, 3.8) is 0 Å². The summed E-state index contributed by atoms with van der Waals surface area (Å²) in [4.78, 5) is 22.5. The molecule has 0 atom stereocenters. The fraction of sp³-hybridized carbons (Fsp3) is 0.480. The highest BCUT2D eigenvalue weighted by molar-refractivity contribution is 5.82. The Bertz CT molecular complexity index is 1230. The zero-order valence-corrected chi connectivity index (χ0v) is 19.1. The summed E-state index contributed by atoms with van der Waals surface area (Å²) in [6, 6.07) is 9.75. The zero-order valence-electron chi connectivity index (χ0n) is 19.1. The molecule has 34 heavy (non-hydrogen) atoms. The van der Waals surface area contributed by atoms with Crippen molar-refractivity contribution in [1.29, 1.82) is 0 Å². The highest BCUT2D eigenvalue weighted by Gasteiger charge is 2.46. The lowest BCUT2D eigenvalue weighted by atomic mass is 9.94. The number of amides is 1. The molecule has 1 N–H and O–H groups in total. The fourth-order valence-electron chi connectivity index (χ4n) is 5.72. The number of piperidine rings is 1. The highest BCUT2D eigenvalue weighted by Crippen LogP contribution is 2.43. The smallest absolute Gasteiger partial charge is 0.255 e. The first-order valence-corrected chi connectivity index (χ1v) is 12.3. The quantitative estimate of drug-likeness (QED) is 0.623. The van der Waals surface area contributed by atoms with E-state index >= 15 is 0 Å². The molecule has 9 nitrogen and oxygen atoms in total. The van der Waals surface area contributed by atoms with Crippen LogP contribution >= 0.6 is 0 Å². The average Bonchev–Trinajstić information content (AvgIpc) is 3.35. The molecule has 0 radical (unpaired) electrons. The number of nitrogens with one attached hydrogen (secondary N) is 1. The number of hydrogen-bond donors (Lipinski definition) is 1. The first kappa shape index (κ1) is 20.1. The molecule has 0 aliphatic carbocycles. The van der Waals surface area contributed by atoms with Gasteiger partial charge in [-0.15, -0.1) is 0 Å².